The maximum absolute atomic E-state index is 10.0. The molecule has 0 fully saturated rings. The molecular formula is C17H20ClNO. The molecular weight excluding hydrogens is 270 g/mol. The lowest BCUT2D eigenvalue weighted by atomic mass is 10.0. The van der Waals surface area contributed by atoms with Gasteiger partial charge >= 0.3 is 0 Å². The van der Waals surface area contributed by atoms with Crippen molar-refractivity contribution in [2.45, 2.75) is 32.9 Å². The number of rotatable bonds is 4. The highest BCUT2D eigenvalue weighted by Gasteiger charge is 2.14. The third-order valence-electron chi connectivity index (χ3n) is 3.50. The van der Waals surface area contributed by atoms with Crippen LogP contribution in [-0.2, 0) is 0 Å². The van der Waals surface area contributed by atoms with Crippen molar-refractivity contribution in [3.8, 4) is 5.75 Å². The molecule has 0 aromatic heterocycles. The van der Waals surface area contributed by atoms with E-state index in [1.807, 2.05) is 50.2 Å². The maximum atomic E-state index is 10.0. The van der Waals surface area contributed by atoms with Gasteiger partial charge in [0.25, 0.3) is 0 Å². The topological polar surface area (TPSA) is 32.3 Å². The van der Waals surface area contributed by atoms with Crippen LogP contribution < -0.4 is 5.32 Å². The molecule has 2 aromatic carbocycles. The van der Waals surface area contributed by atoms with Crippen molar-refractivity contribution < 1.29 is 5.11 Å². The summed E-state index contributed by atoms with van der Waals surface area (Å²) in [6, 6.07) is 13.8. The van der Waals surface area contributed by atoms with Gasteiger partial charge in [-0.2, -0.15) is 0 Å². The number of phenolic OH excluding ortho intramolecular Hbond substituents is 1. The van der Waals surface area contributed by atoms with Gasteiger partial charge in [0, 0.05) is 22.7 Å². The van der Waals surface area contributed by atoms with Crippen LogP contribution in [0.3, 0.4) is 0 Å². The molecule has 0 bridgehead atoms. The second kappa shape index (κ2) is 6.29. The van der Waals surface area contributed by atoms with Crippen LogP contribution >= 0.6 is 11.6 Å². The van der Waals surface area contributed by atoms with Gasteiger partial charge in [0.1, 0.15) is 5.75 Å². The summed E-state index contributed by atoms with van der Waals surface area (Å²) >= 11 is 6.02. The fraction of sp³-hybridized carbons (Fsp3) is 0.294. The Morgan fingerprint density at radius 1 is 1.05 bits per heavy atom. The summed E-state index contributed by atoms with van der Waals surface area (Å²) in [7, 11) is 0. The molecule has 0 heterocycles. The molecule has 20 heavy (non-hydrogen) atoms. The van der Waals surface area contributed by atoms with E-state index >= 15 is 0 Å². The summed E-state index contributed by atoms with van der Waals surface area (Å²) in [6.45, 7) is 6.11. The Hall–Kier alpha value is -1.51. The number of aryl methyl sites for hydroxylation is 1. The molecule has 0 saturated heterocycles. The van der Waals surface area contributed by atoms with Crippen molar-refractivity contribution in [2.24, 2.45) is 0 Å². The van der Waals surface area contributed by atoms with Crippen LogP contribution in [0.5, 0.6) is 5.75 Å². The van der Waals surface area contributed by atoms with Crippen LogP contribution in [0.15, 0.2) is 42.5 Å². The molecule has 0 aliphatic carbocycles. The fourth-order valence-corrected chi connectivity index (χ4v) is 2.56. The van der Waals surface area contributed by atoms with Crippen molar-refractivity contribution in [3.05, 3.63) is 64.2 Å². The standard InChI is InChI=1S/C17H20ClNO/c1-11-7-8-16(17(20)9-11)13(3)19-12(2)14-5-4-6-15(18)10-14/h4-10,12-13,19-20H,1-3H3/t12-,13?/m0/s1. The highest BCUT2D eigenvalue weighted by molar-refractivity contribution is 6.30. The molecule has 2 aromatic rings. The quantitative estimate of drug-likeness (QED) is 0.850. The third kappa shape index (κ3) is 3.53. The first-order chi connectivity index (χ1) is 9.47. The molecule has 3 heteroatoms. The van der Waals surface area contributed by atoms with Crippen LogP contribution in [0.25, 0.3) is 0 Å². The number of halogens is 1. The monoisotopic (exact) mass is 289 g/mol. The van der Waals surface area contributed by atoms with Gasteiger partial charge < -0.3 is 10.4 Å². The van der Waals surface area contributed by atoms with Crippen molar-refractivity contribution in [1.29, 1.82) is 0 Å². The summed E-state index contributed by atoms with van der Waals surface area (Å²) in [5.41, 5.74) is 3.10. The van der Waals surface area contributed by atoms with Gasteiger partial charge in [-0.1, -0.05) is 35.9 Å². The first-order valence-corrected chi connectivity index (χ1v) is 7.16. The Morgan fingerprint density at radius 2 is 1.80 bits per heavy atom. The SMILES string of the molecule is Cc1ccc(C(C)N[C@@H](C)c2cccc(Cl)c2)c(O)c1. The van der Waals surface area contributed by atoms with E-state index in [-0.39, 0.29) is 12.1 Å². The summed E-state index contributed by atoms with van der Waals surface area (Å²) in [6.07, 6.45) is 0. The molecule has 0 radical (unpaired) electrons. The zero-order valence-corrected chi connectivity index (χ0v) is 12.8. The van der Waals surface area contributed by atoms with Gasteiger partial charge in [0.15, 0.2) is 0 Å². The summed E-state index contributed by atoms with van der Waals surface area (Å²) in [5, 5.41) is 14.2. The van der Waals surface area contributed by atoms with Crippen LogP contribution in [0.2, 0.25) is 5.02 Å². The molecule has 1 unspecified atom stereocenters. The van der Waals surface area contributed by atoms with Crippen molar-refractivity contribution >= 4 is 11.6 Å². The number of hydrogen-bond acceptors (Lipinski definition) is 2. The smallest absolute Gasteiger partial charge is 0.120 e. The molecule has 0 spiro atoms. The first kappa shape index (κ1) is 14.9. The second-order valence-corrected chi connectivity index (χ2v) is 5.66. The Labute approximate surface area is 125 Å². The maximum Gasteiger partial charge on any atom is 0.120 e. The largest absolute Gasteiger partial charge is 0.508 e. The first-order valence-electron chi connectivity index (χ1n) is 6.78. The second-order valence-electron chi connectivity index (χ2n) is 5.23. The Balaban J connectivity index is 2.12. The van der Waals surface area contributed by atoms with E-state index in [2.05, 4.69) is 12.2 Å². The zero-order valence-electron chi connectivity index (χ0n) is 12.0. The van der Waals surface area contributed by atoms with Crippen molar-refractivity contribution in [3.63, 3.8) is 0 Å². The average Bonchev–Trinajstić information content (AvgIpc) is 2.38. The minimum atomic E-state index is 0.0598. The van der Waals surface area contributed by atoms with Gasteiger partial charge in [0.2, 0.25) is 0 Å². The zero-order chi connectivity index (χ0) is 14.7. The molecule has 0 amide bonds. The molecule has 0 aliphatic heterocycles. The fourth-order valence-electron chi connectivity index (χ4n) is 2.36. The highest BCUT2D eigenvalue weighted by atomic mass is 35.5. The van der Waals surface area contributed by atoms with E-state index in [0.717, 1.165) is 21.7 Å². The van der Waals surface area contributed by atoms with Gasteiger partial charge in [-0.25, -0.2) is 0 Å². The Bertz CT molecular complexity index is 597. The van der Waals surface area contributed by atoms with Crippen molar-refractivity contribution in [2.75, 3.05) is 0 Å². The van der Waals surface area contributed by atoms with E-state index in [1.54, 1.807) is 6.07 Å². The molecule has 2 atom stereocenters. The van der Waals surface area contributed by atoms with E-state index in [0.29, 0.717) is 5.75 Å². The minimum absolute atomic E-state index is 0.0598. The number of benzene rings is 2. The minimum Gasteiger partial charge on any atom is -0.508 e. The van der Waals surface area contributed by atoms with Crippen LogP contribution in [0, 0.1) is 6.92 Å². The van der Waals surface area contributed by atoms with Crippen LogP contribution in [0.4, 0.5) is 0 Å². The van der Waals surface area contributed by atoms with Crippen LogP contribution in [0.1, 0.15) is 42.6 Å². The number of phenols is 1. The number of hydrogen-bond donors (Lipinski definition) is 2. The number of aromatic hydroxyl groups is 1. The Morgan fingerprint density at radius 3 is 2.45 bits per heavy atom. The van der Waals surface area contributed by atoms with Crippen molar-refractivity contribution in [1.82, 2.24) is 5.32 Å². The highest BCUT2D eigenvalue weighted by Crippen LogP contribution is 2.27. The summed E-state index contributed by atoms with van der Waals surface area (Å²) in [5.74, 6) is 0.336. The predicted octanol–water partition coefficient (Wildman–Crippen LogP) is 4.77. The molecule has 106 valence electrons. The predicted molar refractivity (Wildman–Crippen MR) is 84.3 cm³/mol. The normalized spacial score (nSPS) is 14.0. The van der Waals surface area contributed by atoms with Gasteiger partial charge in [-0.15, -0.1) is 0 Å². The Kier molecular flexibility index (Phi) is 4.69. The molecule has 2 nitrogen and oxygen atoms in total. The summed E-state index contributed by atoms with van der Waals surface area (Å²) in [4.78, 5) is 0. The van der Waals surface area contributed by atoms with E-state index in [1.165, 1.54) is 0 Å². The van der Waals surface area contributed by atoms with E-state index < -0.39 is 0 Å². The average molecular weight is 290 g/mol. The molecule has 0 aliphatic rings. The molecule has 2 rings (SSSR count). The summed E-state index contributed by atoms with van der Waals surface area (Å²) < 4.78 is 0. The lowest BCUT2D eigenvalue weighted by Gasteiger charge is -2.22. The van der Waals surface area contributed by atoms with Crippen LogP contribution in [-0.4, -0.2) is 5.11 Å². The van der Waals surface area contributed by atoms with E-state index in [4.69, 9.17) is 11.6 Å². The van der Waals surface area contributed by atoms with E-state index in [9.17, 15) is 5.11 Å². The molecule has 2 N–H and O–H groups in total. The lowest BCUT2D eigenvalue weighted by molar-refractivity contribution is 0.438. The number of nitrogens with one attached hydrogen (secondary N) is 1. The molecule has 0 saturated carbocycles. The van der Waals surface area contributed by atoms with Gasteiger partial charge in [0.05, 0.1) is 0 Å². The van der Waals surface area contributed by atoms with Gasteiger partial charge in [-0.05, 0) is 50.1 Å². The lowest BCUT2D eigenvalue weighted by Crippen LogP contribution is -2.22. The van der Waals surface area contributed by atoms with Gasteiger partial charge in [-0.3, -0.25) is 0 Å². The third-order valence-corrected chi connectivity index (χ3v) is 3.74.